The van der Waals surface area contributed by atoms with Gasteiger partial charge in [0.1, 0.15) is 0 Å². The Bertz CT molecular complexity index is 377. The normalized spacial score (nSPS) is 10.0. The average Bonchev–Trinajstić information content (AvgIpc) is 2.75. The smallest absolute Gasteiger partial charge is 0.222 e. The fourth-order valence-electron chi connectivity index (χ4n) is 0.854. The van der Waals surface area contributed by atoms with Gasteiger partial charge >= 0.3 is 0 Å². The van der Waals surface area contributed by atoms with Crippen molar-refractivity contribution in [3.8, 4) is 5.88 Å². The predicted molar refractivity (Wildman–Crippen MR) is 39.0 cm³/mol. The van der Waals surface area contributed by atoms with Crippen molar-refractivity contribution in [2.45, 2.75) is 0 Å². The molecule has 5 nitrogen and oxygen atoms in total. The van der Waals surface area contributed by atoms with Crippen molar-refractivity contribution in [2.24, 2.45) is 0 Å². The van der Waals surface area contributed by atoms with Crippen LogP contribution < -0.4 is 0 Å². The fraction of sp³-hybridized carbons (Fsp3) is 0. The summed E-state index contributed by atoms with van der Waals surface area (Å²) in [5.74, 6) is 0.759. The maximum Gasteiger partial charge on any atom is 0.222 e. The van der Waals surface area contributed by atoms with E-state index in [4.69, 9.17) is 4.42 Å². The van der Waals surface area contributed by atoms with Crippen LogP contribution in [-0.2, 0) is 0 Å². The van der Waals surface area contributed by atoms with Crippen LogP contribution in [0.2, 0.25) is 0 Å². The Morgan fingerprint density at radius 3 is 3.00 bits per heavy atom. The standard InChI is InChI=1S/C7H5N3O2/c11-5-6-1-2-7(12-6)10-4-3-8-9-10/h1-5H. The molecular weight excluding hydrogens is 158 g/mol. The van der Waals surface area contributed by atoms with Crippen molar-refractivity contribution in [1.29, 1.82) is 0 Å². The molecule has 0 aromatic carbocycles. The number of aromatic nitrogens is 3. The maximum absolute atomic E-state index is 10.3. The Balaban J connectivity index is 2.41. The Kier molecular flexibility index (Phi) is 1.48. The molecule has 60 valence electrons. The zero-order valence-electron chi connectivity index (χ0n) is 6.04. The molecule has 2 heterocycles. The van der Waals surface area contributed by atoms with Crippen molar-refractivity contribution in [1.82, 2.24) is 15.0 Å². The molecule has 0 saturated carbocycles. The topological polar surface area (TPSA) is 60.9 Å². The van der Waals surface area contributed by atoms with Gasteiger partial charge in [-0.2, -0.15) is 4.68 Å². The van der Waals surface area contributed by atoms with Crippen LogP contribution in [0, 0.1) is 0 Å². The van der Waals surface area contributed by atoms with Gasteiger partial charge in [-0.25, -0.2) is 0 Å². The van der Waals surface area contributed by atoms with Crippen LogP contribution in [0.5, 0.6) is 0 Å². The molecule has 0 aliphatic heterocycles. The Morgan fingerprint density at radius 1 is 1.50 bits per heavy atom. The van der Waals surface area contributed by atoms with Gasteiger partial charge in [0.25, 0.3) is 0 Å². The van der Waals surface area contributed by atoms with E-state index < -0.39 is 0 Å². The van der Waals surface area contributed by atoms with Crippen LogP contribution in [0.15, 0.2) is 28.9 Å². The molecule has 0 bridgehead atoms. The van der Waals surface area contributed by atoms with Gasteiger partial charge in [0.05, 0.1) is 12.4 Å². The summed E-state index contributed by atoms with van der Waals surface area (Å²) in [6, 6.07) is 3.22. The summed E-state index contributed by atoms with van der Waals surface area (Å²) >= 11 is 0. The van der Waals surface area contributed by atoms with Crippen LogP contribution in [0.25, 0.3) is 5.88 Å². The van der Waals surface area contributed by atoms with Crippen molar-refractivity contribution < 1.29 is 9.21 Å². The summed E-state index contributed by atoms with van der Waals surface area (Å²) < 4.78 is 6.51. The first-order valence-electron chi connectivity index (χ1n) is 3.32. The lowest BCUT2D eigenvalue weighted by Gasteiger charge is -1.90. The van der Waals surface area contributed by atoms with Crippen LogP contribution in [-0.4, -0.2) is 21.3 Å². The number of nitrogens with zero attached hydrogens (tertiary/aromatic N) is 3. The number of hydrogen-bond acceptors (Lipinski definition) is 4. The molecule has 2 rings (SSSR count). The van der Waals surface area contributed by atoms with Crippen molar-refractivity contribution in [3.63, 3.8) is 0 Å². The second kappa shape index (κ2) is 2.61. The number of carbonyl (C=O) groups excluding carboxylic acids is 1. The highest BCUT2D eigenvalue weighted by Gasteiger charge is 2.02. The Hall–Kier alpha value is -1.91. The molecule has 0 atom stereocenters. The first-order valence-corrected chi connectivity index (χ1v) is 3.32. The van der Waals surface area contributed by atoms with Crippen molar-refractivity contribution in [3.05, 3.63) is 30.3 Å². The van der Waals surface area contributed by atoms with E-state index in [1.165, 1.54) is 10.9 Å². The summed E-state index contributed by atoms with van der Waals surface area (Å²) in [4.78, 5) is 10.3. The zero-order chi connectivity index (χ0) is 8.39. The lowest BCUT2D eigenvalue weighted by atomic mass is 10.5. The van der Waals surface area contributed by atoms with Gasteiger partial charge in [0.2, 0.25) is 5.88 Å². The van der Waals surface area contributed by atoms with Crippen LogP contribution in [0.4, 0.5) is 0 Å². The van der Waals surface area contributed by atoms with Crippen molar-refractivity contribution in [2.75, 3.05) is 0 Å². The molecule has 0 N–H and O–H groups in total. The Morgan fingerprint density at radius 2 is 2.42 bits per heavy atom. The van der Waals surface area contributed by atoms with E-state index in [2.05, 4.69) is 10.3 Å². The molecule has 2 aromatic heterocycles. The van der Waals surface area contributed by atoms with Gasteiger partial charge in [-0.1, -0.05) is 5.21 Å². The third kappa shape index (κ3) is 1.01. The predicted octanol–water partition coefficient (Wildman–Crippen LogP) is 0.673. The molecule has 5 heteroatoms. The number of carbonyl (C=O) groups is 1. The molecule has 0 radical (unpaired) electrons. The van der Waals surface area contributed by atoms with Gasteiger partial charge in [-0.3, -0.25) is 4.79 Å². The average molecular weight is 163 g/mol. The van der Waals surface area contributed by atoms with E-state index >= 15 is 0 Å². The number of aldehydes is 1. The van der Waals surface area contributed by atoms with Gasteiger partial charge < -0.3 is 4.42 Å². The molecule has 0 aliphatic carbocycles. The Labute approximate surface area is 67.6 Å². The van der Waals surface area contributed by atoms with E-state index in [1.807, 2.05) is 0 Å². The number of rotatable bonds is 2. The number of furan rings is 1. The van der Waals surface area contributed by atoms with E-state index in [0.29, 0.717) is 12.2 Å². The van der Waals surface area contributed by atoms with E-state index in [9.17, 15) is 4.79 Å². The van der Waals surface area contributed by atoms with Crippen LogP contribution in [0.3, 0.4) is 0 Å². The second-order valence-corrected chi connectivity index (χ2v) is 2.14. The summed E-state index contributed by atoms with van der Waals surface area (Å²) in [7, 11) is 0. The fourth-order valence-corrected chi connectivity index (χ4v) is 0.854. The quantitative estimate of drug-likeness (QED) is 0.610. The summed E-state index contributed by atoms with van der Waals surface area (Å²) in [6.07, 6.45) is 3.80. The van der Waals surface area contributed by atoms with E-state index in [1.54, 1.807) is 18.3 Å². The van der Waals surface area contributed by atoms with Crippen LogP contribution in [0.1, 0.15) is 10.6 Å². The molecule has 2 aromatic rings. The summed E-state index contributed by atoms with van der Waals surface area (Å²) in [6.45, 7) is 0. The molecule has 0 saturated heterocycles. The van der Waals surface area contributed by atoms with E-state index in [-0.39, 0.29) is 5.76 Å². The highest BCUT2D eigenvalue weighted by Crippen LogP contribution is 2.08. The van der Waals surface area contributed by atoms with Crippen LogP contribution >= 0.6 is 0 Å². The monoisotopic (exact) mass is 163 g/mol. The van der Waals surface area contributed by atoms with Gasteiger partial charge in [-0.05, 0) is 6.07 Å². The molecule has 0 unspecified atom stereocenters. The molecule has 0 fully saturated rings. The highest BCUT2D eigenvalue weighted by molar-refractivity contribution is 5.70. The minimum Gasteiger partial charge on any atom is -0.436 e. The lowest BCUT2D eigenvalue weighted by Crippen LogP contribution is -1.91. The number of hydrogen-bond donors (Lipinski definition) is 0. The molecule has 12 heavy (non-hydrogen) atoms. The molecular formula is C7H5N3O2. The molecule has 0 spiro atoms. The largest absolute Gasteiger partial charge is 0.436 e. The van der Waals surface area contributed by atoms with Crippen molar-refractivity contribution >= 4 is 6.29 Å². The summed E-state index contributed by atoms with van der Waals surface area (Å²) in [5.41, 5.74) is 0. The van der Waals surface area contributed by atoms with Gasteiger partial charge in [0.15, 0.2) is 12.0 Å². The minimum absolute atomic E-state index is 0.278. The minimum atomic E-state index is 0.278. The first-order chi connectivity index (χ1) is 5.90. The van der Waals surface area contributed by atoms with E-state index in [0.717, 1.165) is 0 Å². The second-order valence-electron chi connectivity index (χ2n) is 2.14. The first kappa shape index (κ1) is 6.78. The zero-order valence-corrected chi connectivity index (χ0v) is 6.04. The highest BCUT2D eigenvalue weighted by atomic mass is 16.4. The molecule has 0 aliphatic rings. The van der Waals surface area contributed by atoms with Gasteiger partial charge in [-0.15, -0.1) is 5.10 Å². The summed E-state index contributed by atoms with van der Waals surface area (Å²) in [5, 5.41) is 7.29. The third-order valence-electron chi connectivity index (χ3n) is 1.38. The van der Waals surface area contributed by atoms with Gasteiger partial charge in [0, 0.05) is 6.07 Å². The SMILES string of the molecule is O=Cc1ccc(-n2ccnn2)o1. The molecule has 0 amide bonds. The lowest BCUT2D eigenvalue weighted by molar-refractivity contribution is 0.110. The maximum atomic E-state index is 10.3. The third-order valence-corrected chi connectivity index (χ3v) is 1.38.